The van der Waals surface area contributed by atoms with Gasteiger partial charge in [-0.05, 0) is 25.1 Å². The van der Waals surface area contributed by atoms with Crippen LogP contribution in [0.2, 0.25) is 0 Å². The van der Waals surface area contributed by atoms with Gasteiger partial charge in [0.2, 0.25) is 10.0 Å². The molecule has 2 aromatic rings. The summed E-state index contributed by atoms with van der Waals surface area (Å²) < 4.78 is 31.9. The molecule has 21 heavy (non-hydrogen) atoms. The van der Waals surface area contributed by atoms with E-state index in [-0.39, 0.29) is 17.2 Å². The minimum atomic E-state index is -3.72. The zero-order chi connectivity index (χ0) is 15.5. The average Bonchev–Trinajstić information content (AvgIpc) is 2.93. The van der Waals surface area contributed by atoms with Crippen molar-refractivity contribution in [3.05, 3.63) is 36.4 Å². The molecule has 1 aromatic carbocycles. The largest absolute Gasteiger partial charge is 0.492 e. The fraction of sp³-hybridized carbons (Fsp3) is 0.308. The van der Waals surface area contributed by atoms with E-state index in [1.165, 1.54) is 17.4 Å². The molecule has 8 heteroatoms. The smallest absolute Gasteiger partial charge is 0.246 e. The Morgan fingerprint density at radius 1 is 1.43 bits per heavy atom. The fourth-order valence-corrected chi connectivity index (χ4v) is 3.14. The number of anilines is 1. The summed E-state index contributed by atoms with van der Waals surface area (Å²) in [6.45, 7) is 2.29. The molecule has 0 aliphatic carbocycles. The van der Waals surface area contributed by atoms with E-state index in [0.29, 0.717) is 18.1 Å². The van der Waals surface area contributed by atoms with Crippen molar-refractivity contribution in [1.29, 1.82) is 0 Å². The first-order valence-electron chi connectivity index (χ1n) is 6.42. The Morgan fingerprint density at radius 2 is 2.19 bits per heavy atom. The Balaban J connectivity index is 2.36. The van der Waals surface area contributed by atoms with Crippen LogP contribution < -0.4 is 10.5 Å². The maximum absolute atomic E-state index is 12.7. The number of rotatable bonds is 6. The summed E-state index contributed by atoms with van der Waals surface area (Å²) in [6, 6.07) is 4.57. The molecular formula is C13H18N4O3S. The van der Waals surface area contributed by atoms with Crippen LogP contribution >= 0.6 is 0 Å². The van der Waals surface area contributed by atoms with Gasteiger partial charge in [0.15, 0.2) is 0 Å². The maximum Gasteiger partial charge on any atom is 0.246 e. The van der Waals surface area contributed by atoms with Gasteiger partial charge in [-0.15, -0.1) is 0 Å². The molecule has 3 N–H and O–H groups in total. The number of benzene rings is 1. The third kappa shape index (κ3) is 3.34. The van der Waals surface area contributed by atoms with Crippen molar-refractivity contribution < 1.29 is 13.2 Å². The van der Waals surface area contributed by atoms with Gasteiger partial charge in [-0.25, -0.2) is 13.4 Å². The minimum absolute atomic E-state index is 0.0541. The van der Waals surface area contributed by atoms with E-state index in [9.17, 15) is 8.42 Å². The summed E-state index contributed by atoms with van der Waals surface area (Å²) in [5.41, 5.74) is 6.06. The molecule has 1 aromatic heterocycles. The zero-order valence-electron chi connectivity index (χ0n) is 11.9. The van der Waals surface area contributed by atoms with Crippen molar-refractivity contribution in [2.75, 3.05) is 19.4 Å². The van der Waals surface area contributed by atoms with Gasteiger partial charge in [0, 0.05) is 25.1 Å². The highest BCUT2D eigenvalue weighted by Crippen LogP contribution is 2.29. The fourth-order valence-electron chi connectivity index (χ4n) is 1.85. The lowest BCUT2D eigenvalue weighted by atomic mass is 10.3. The average molecular weight is 310 g/mol. The van der Waals surface area contributed by atoms with Crippen molar-refractivity contribution >= 4 is 15.7 Å². The van der Waals surface area contributed by atoms with E-state index in [0.717, 1.165) is 0 Å². The Hall–Kier alpha value is -2.06. The van der Waals surface area contributed by atoms with Crippen LogP contribution in [0.5, 0.6) is 5.75 Å². The highest BCUT2D eigenvalue weighted by atomic mass is 32.2. The number of nitrogens with two attached hydrogens (primary N) is 1. The van der Waals surface area contributed by atoms with Crippen LogP contribution in [-0.4, -0.2) is 36.3 Å². The number of hydrogen-bond donors (Lipinski definition) is 2. The number of nitrogens with one attached hydrogen (secondary N) is 1. The predicted molar refractivity (Wildman–Crippen MR) is 79.3 cm³/mol. The van der Waals surface area contributed by atoms with E-state index in [4.69, 9.17) is 10.5 Å². The van der Waals surface area contributed by atoms with Crippen LogP contribution in [-0.2, 0) is 16.6 Å². The molecule has 0 saturated heterocycles. The second-order valence-electron chi connectivity index (χ2n) is 4.44. The number of nitrogen functional groups attached to an aromatic ring is 1. The van der Waals surface area contributed by atoms with Gasteiger partial charge in [-0.1, -0.05) is 0 Å². The van der Waals surface area contributed by atoms with Gasteiger partial charge in [0.05, 0.1) is 13.2 Å². The van der Waals surface area contributed by atoms with Crippen LogP contribution in [0.3, 0.4) is 0 Å². The Bertz CT molecular complexity index is 698. The molecule has 0 radical (unpaired) electrons. The first kappa shape index (κ1) is 15.3. The Kier molecular flexibility index (Phi) is 4.49. The summed E-state index contributed by atoms with van der Waals surface area (Å²) >= 11 is 0. The van der Waals surface area contributed by atoms with E-state index in [1.54, 1.807) is 31.5 Å². The second-order valence-corrected chi connectivity index (χ2v) is 6.45. The van der Waals surface area contributed by atoms with Crippen LogP contribution in [0.25, 0.3) is 0 Å². The van der Waals surface area contributed by atoms with E-state index in [1.807, 2.05) is 0 Å². The molecule has 0 saturated carbocycles. The lowest BCUT2D eigenvalue weighted by Crippen LogP contribution is -2.27. The minimum Gasteiger partial charge on any atom is -0.492 e. The lowest BCUT2D eigenvalue weighted by Gasteiger charge is -2.18. The highest BCUT2D eigenvalue weighted by molar-refractivity contribution is 7.89. The molecule has 0 spiro atoms. The van der Waals surface area contributed by atoms with Gasteiger partial charge in [-0.2, -0.15) is 4.31 Å². The second kappa shape index (κ2) is 6.15. The quantitative estimate of drug-likeness (QED) is 0.781. The number of aromatic amines is 1. The molecule has 0 unspecified atom stereocenters. The number of nitrogens with zero attached hydrogens (tertiary/aromatic N) is 2. The number of ether oxygens (including phenoxy) is 1. The number of H-pyrrole nitrogens is 1. The predicted octanol–water partition coefficient (Wildman–Crippen LogP) is 1.21. The molecular weight excluding hydrogens is 292 g/mol. The highest BCUT2D eigenvalue weighted by Gasteiger charge is 2.25. The number of hydrogen-bond acceptors (Lipinski definition) is 5. The van der Waals surface area contributed by atoms with Gasteiger partial charge in [0.1, 0.15) is 16.5 Å². The Morgan fingerprint density at radius 3 is 2.81 bits per heavy atom. The molecule has 0 aliphatic heterocycles. The summed E-state index contributed by atoms with van der Waals surface area (Å²) in [4.78, 5) is 6.95. The molecule has 0 bridgehead atoms. The molecule has 2 rings (SSSR count). The van der Waals surface area contributed by atoms with Gasteiger partial charge in [-0.3, -0.25) is 0 Å². The zero-order valence-corrected chi connectivity index (χ0v) is 12.7. The molecule has 0 amide bonds. The SMILES string of the molecule is CCOc1ccc(N)cc1S(=O)(=O)N(C)Cc1ncc[nH]1. The van der Waals surface area contributed by atoms with Crippen molar-refractivity contribution in [1.82, 2.24) is 14.3 Å². The molecule has 0 aliphatic rings. The first-order valence-corrected chi connectivity index (χ1v) is 7.86. The first-order chi connectivity index (χ1) is 9.95. The summed E-state index contributed by atoms with van der Waals surface area (Å²) in [6.07, 6.45) is 3.21. The van der Waals surface area contributed by atoms with Crippen LogP contribution in [0, 0.1) is 0 Å². The van der Waals surface area contributed by atoms with Gasteiger partial charge >= 0.3 is 0 Å². The number of imidazole rings is 1. The molecule has 114 valence electrons. The molecule has 0 atom stereocenters. The van der Waals surface area contributed by atoms with Crippen molar-refractivity contribution in [2.24, 2.45) is 0 Å². The maximum atomic E-state index is 12.7. The molecule has 1 heterocycles. The summed E-state index contributed by atoms with van der Waals surface area (Å²) in [7, 11) is -2.24. The Labute approximate surface area is 123 Å². The van der Waals surface area contributed by atoms with Crippen LogP contribution in [0.15, 0.2) is 35.5 Å². The monoisotopic (exact) mass is 310 g/mol. The normalized spacial score (nSPS) is 11.8. The van der Waals surface area contributed by atoms with Gasteiger partial charge in [0.25, 0.3) is 0 Å². The van der Waals surface area contributed by atoms with Crippen LogP contribution in [0.1, 0.15) is 12.7 Å². The summed E-state index contributed by atoms with van der Waals surface area (Å²) in [5.74, 6) is 0.848. The number of aromatic nitrogens is 2. The van der Waals surface area contributed by atoms with E-state index >= 15 is 0 Å². The standard InChI is InChI=1S/C13H18N4O3S/c1-3-20-11-5-4-10(14)8-12(11)21(18,19)17(2)9-13-15-6-7-16-13/h4-8H,3,9,14H2,1-2H3,(H,15,16). The van der Waals surface area contributed by atoms with E-state index < -0.39 is 10.0 Å². The summed E-state index contributed by atoms with van der Waals surface area (Å²) in [5, 5.41) is 0. The lowest BCUT2D eigenvalue weighted by molar-refractivity contribution is 0.329. The van der Waals surface area contributed by atoms with Crippen molar-refractivity contribution in [3.63, 3.8) is 0 Å². The third-order valence-electron chi connectivity index (χ3n) is 2.88. The van der Waals surface area contributed by atoms with Gasteiger partial charge < -0.3 is 15.5 Å². The topological polar surface area (TPSA) is 101 Å². The van der Waals surface area contributed by atoms with E-state index in [2.05, 4.69) is 9.97 Å². The van der Waals surface area contributed by atoms with Crippen molar-refractivity contribution in [2.45, 2.75) is 18.4 Å². The molecule has 7 nitrogen and oxygen atoms in total. The number of sulfonamides is 1. The third-order valence-corrected chi connectivity index (χ3v) is 4.71. The van der Waals surface area contributed by atoms with Crippen LogP contribution in [0.4, 0.5) is 5.69 Å². The molecule has 0 fully saturated rings. The van der Waals surface area contributed by atoms with Crippen molar-refractivity contribution in [3.8, 4) is 5.75 Å².